The summed E-state index contributed by atoms with van der Waals surface area (Å²) in [5.74, 6) is 0.588. The van der Waals surface area contributed by atoms with Gasteiger partial charge in [0.15, 0.2) is 0 Å². The van der Waals surface area contributed by atoms with Gasteiger partial charge in [0, 0.05) is 17.0 Å². The summed E-state index contributed by atoms with van der Waals surface area (Å²) in [6.07, 6.45) is 6.63. The van der Waals surface area contributed by atoms with Crippen LogP contribution >= 0.6 is 11.6 Å². The van der Waals surface area contributed by atoms with Crippen molar-refractivity contribution in [2.45, 2.75) is 37.0 Å². The van der Waals surface area contributed by atoms with E-state index in [1.165, 1.54) is 23.8 Å². The Bertz CT molecular complexity index is 518. The largest absolute Gasteiger partial charge is 0.256 e. The molecule has 2 heteroatoms. The minimum absolute atomic E-state index is 0.340. The van der Waals surface area contributed by atoms with Crippen molar-refractivity contribution in [2.24, 2.45) is 0 Å². The number of benzene rings is 1. The maximum Gasteiger partial charge on any atom is 0.0736 e. The van der Waals surface area contributed by atoms with E-state index in [-0.39, 0.29) is 0 Å². The third kappa shape index (κ3) is 2.16. The molecule has 0 radical (unpaired) electrons. The van der Waals surface area contributed by atoms with Gasteiger partial charge in [0.25, 0.3) is 0 Å². The van der Waals surface area contributed by atoms with Crippen LogP contribution in [0.1, 0.15) is 37.2 Å². The average Bonchev–Trinajstić information content (AvgIpc) is 2.38. The van der Waals surface area contributed by atoms with E-state index in [9.17, 15) is 0 Å². The second kappa shape index (κ2) is 4.66. The molecule has 2 unspecified atom stereocenters. The van der Waals surface area contributed by atoms with Crippen molar-refractivity contribution in [3.05, 3.63) is 42.1 Å². The van der Waals surface area contributed by atoms with Gasteiger partial charge in [-0.2, -0.15) is 0 Å². The number of aromatic nitrogens is 1. The van der Waals surface area contributed by atoms with Crippen molar-refractivity contribution in [3.63, 3.8) is 0 Å². The zero-order valence-corrected chi connectivity index (χ0v) is 10.5. The van der Waals surface area contributed by atoms with Crippen LogP contribution in [-0.2, 0) is 0 Å². The predicted molar refractivity (Wildman–Crippen MR) is 72.6 cm³/mol. The van der Waals surface area contributed by atoms with Gasteiger partial charge >= 0.3 is 0 Å². The quantitative estimate of drug-likeness (QED) is 0.674. The number of halogens is 1. The van der Waals surface area contributed by atoms with Gasteiger partial charge in [-0.15, -0.1) is 11.6 Å². The maximum absolute atomic E-state index is 6.29. The Morgan fingerprint density at radius 3 is 2.88 bits per heavy atom. The molecule has 1 aliphatic carbocycles. The van der Waals surface area contributed by atoms with E-state index in [1.807, 2.05) is 12.3 Å². The highest BCUT2D eigenvalue weighted by Gasteiger charge is 2.23. The molecule has 88 valence electrons. The zero-order valence-electron chi connectivity index (χ0n) is 9.77. The number of rotatable bonds is 1. The highest BCUT2D eigenvalue weighted by molar-refractivity contribution is 6.20. The van der Waals surface area contributed by atoms with Crippen LogP contribution in [0.2, 0.25) is 0 Å². The molecular weight excluding hydrogens is 230 g/mol. The monoisotopic (exact) mass is 245 g/mol. The zero-order chi connectivity index (χ0) is 11.7. The summed E-state index contributed by atoms with van der Waals surface area (Å²) in [4.78, 5) is 4.54. The number of alkyl halides is 1. The number of hydrogen-bond acceptors (Lipinski definition) is 1. The van der Waals surface area contributed by atoms with Gasteiger partial charge in [0.05, 0.1) is 5.52 Å². The summed E-state index contributed by atoms with van der Waals surface area (Å²) in [6, 6.07) is 10.6. The van der Waals surface area contributed by atoms with E-state index < -0.39 is 0 Å². The van der Waals surface area contributed by atoms with Gasteiger partial charge in [-0.3, -0.25) is 4.98 Å². The van der Waals surface area contributed by atoms with Crippen molar-refractivity contribution < 1.29 is 0 Å². The first-order valence-electron chi connectivity index (χ1n) is 6.32. The van der Waals surface area contributed by atoms with Crippen LogP contribution < -0.4 is 0 Å². The lowest BCUT2D eigenvalue weighted by molar-refractivity contribution is 0.451. The summed E-state index contributed by atoms with van der Waals surface area (Å²) in [5, 5.41) is 1.58. The number of fused-ring (bicyclic) bond motifs is 1. The Morgan fingerprint density at radius 1 is 1.12 bits per heavy atom. The third-order valence-electron chi connectivity index (χ3n) is 3.71. The molecule has 0 spiro atoms. The highest BCUT2D eigenvalue weighted by atomic mass is 35.5. The van der Waals surface area contributed by atoms with Crippen LogP contribution in [0.5, 0.6) is 0 Å². The van der Waals surface area contributed by atoms with Crippen molar-refractivity contribution >= 4 is 22.5 Å². The molecule has 2 atom stereocenters. The minimum Gasteiger partial charge on any atom is -0.256 e. The lowest BCUT2D eigenvalue weighted by Crippen LogP contribution is -2.14. The second-order valence-corrected chi connectivity index (χ2v) is 5.50. The Labute approximate surface area is 107 Å². The summed E-state index contributed by atoms with van der Waals surface area (Å²) in [7, 11) is 0. The summed E-state index contributed by atoms with van der Waals surface area (Å²) in [6.45, 7) is 0. The smallest absolute Gasteiger partial charge is 0.0736 e. The molecule has 17 heavy (non-hydrogen) atoms. The van der Waals surface area contributed by atoms with Crippen LogP contribution in [0.25, 0.3) is 10.9 Å². The van der Waals surface area contributed by atoms with E-state index in [2.05, 4.69) is 29.2 Å². The van der Waals surface area contributed by atoms with E-state index in [0.29, 0.717) is 11.3 Å². The van der Waals surface area contributed by atoms with Crippen molar-refractivity contribution in [2.75, 3.05) is 0 Å². The molecule has 1 aromatic heterocycles. The Hall–Kier alpha value is -1.08. The van der Waals surface area contributed by atoms with Crippen LogP contribution in [0.15, 0.2) is 36.5 Å². The summed E-state index contributed by atoms with van der Waals surface area (Å²) >= 11 is 6.29. The molecule has 0 aliphatic heterocycles. The first-order valence-corrected chi connectivity index (χ1v) is 6.76. The van der Waals surface area contributed by atoms with Gasteiger partial charge in [-0.05, 0) is 36.8 Å². The van der Waals surface area contributed by atoms with Crippen LogP contribution in [0.4, 0.5) is 0 Å². The van der Waals surface area contributed by atoms with E-state index >= 15 is 0 Å². The molecule has 1 aliphatic rings. The van der Waals surface area contributed by atoms with E-state index in [4.69, 9.17) is 11.6 Å². The summed E-state index contributed by atoms with van der Waals surface area (Å²) in [5.41, 5.74) is 2.54. The third-order valence-corrected chi connectivity index (χ3v) is 4.11. The molecule has 1 heterocycles. The van der Waals surface area contributed by atoms with Gasteiger partial charge in [0.2, 0.25) is 0 Å². The van der Waals surface area contributed by atoms with Gasteiger partial charge < -0.3 is 0 Å². The fourth-order valence-corrected chi connectivity index (χ4v) is 3.24. The van der Waals surface area contributed by atoms with E-state index in [0.717, 1.165) is 18.4 Å². The Morgan fingerprint density at radius 2 is 2.00 bits per heavy atom. The van der Waals surface area contributed by atoms with Crippen molar-refractivity contribution in [1.29, 1.82) is 0 Å². The standard InChI is InChI=1S/C15H16ClN/c16-13-7-1-5-12(10-13)14-8-2-4-11-6-3-9-17-15(11)14/h2-4,6,8-9,12-13H,1,5,7,10H2. The van der Waals surface area contributed by atoms with Crippen LogP contribution in [0, 0.1) is 0 Å². The molecule has 0 bridgehead atoms. The predicted octanol–water partition coefficient (Wildman–Crippen LogP) is 4.50. The molecule has 0 saturated heterocycles. The molecule has 1 nitrogen and oxygen atoms in total. The molecule has 1 saturated carbocycles. The first-order chi connectivity index (χ1) is 8.34. The lowest BCUT2D eigenvalue weighted by atomic mass is 9.83. The van der Waals surface area contributed by atoms with Crippen molar-refractivity contribution in [1.82, 2.24) is 4.98 Å². The molecule has 0 N–H and O–H groups in total. The molecule has 1 aromatic carbocycles. The van der Waals surface area contributed by atoms with Crippen LogP contribution in [0.3, 0.4) is 0 Å². The lowest BCUT2D eigenvalue weighted by Gasteiger charge is -2.26. The molecule has 3 rings (SSSR count). The number of para-hydroxylation sites is 1. The topological polar surface area (TPSA) is 12.9 Å². The highest BCUT2D eigenvalue weighted by Crippen LogP contribution is 2.37. The molecule has 1 fully saturated rings. The second-order valence-electron chi connectivity index (χ2n) is 4.88. The van der Waals surface area contributed by atoms with Gasteiger partial charge in [0.1, 0.15) is 0 Å². The Kier molecular flexibility index (Phi) is 3.02. The molecular formula is C15H16ClN. The van der Waals surface area contributed by atoms with Crippen LogP contribution in [-0.4, -0.2) is 10.4 Å². The number of nitrogens with zero attached hydrogens (tertiary/aromatic N) is 1. The number of pyridine rings is 1. The van der Waals surface area contributed by atoms with Gasteiger partial charge in [-0.1, -0.05) is 30.7 Å². The summed E-state index contributed by atoms with van der Waals surface area (Å²) < 4.78 is 0. The van der Waals surface area contributed by atoms with Crippen molar-refractivity contribution in [3.8, 4) is 0 Å². The Balaban J connectivity index is 2.04. The van der Waals surface area contributed by atoms with Gasteiger partial charge in [-0.25, -0.2) is 0 Å². The van der Waals surface area contributed by atoms with E-state index in [1.54, 1.807) is 0 Å². The first kappa shape index (κ1) is 11.0. The maximum atomic E-state index is 6.29. The minimum atomic E-state index is 0.340. The number of hydrogen-bond donors (Lipinski definition) is 0. The molecule has 2 aromatic rings. The fourth-order valence-electron chi connectivity index (χ4n) is 2.87. The fraction of sp³-hybridized carbons (Fsp3) is 0.400. The molecule has 0 amide bonds. The SMILES string of the molecule is ClC1CCCC(c2cccc3cccnc23)C1. The average molecular weight is 246 g/mol. The normalized spacial score (nSPS) is 25.0.